The number of unbranched alkanes of at least 4 members (excludes halogenated alkanes) is 2. The van der Waals surface area contributed by atoms with Crippen molar-refractivity contribution in [1.82, 2.24) is 0 Å². The normalized spacial score (nSPS) is 9.31. The van der Waals surface area contributed by atoms with Crippen molar-refractivity contribution in [3.63, 3.8) is 0 Å². The van der Waals surface area contributed by atoms with Crippen LogP contribution in [0.1, 0.15) is 32.6 Å². The lowest BCUT2D eigenvalue weighted by molar-refractivity contribution is -0.117. The summed E-state index contributed by atoms with van der Waals surface area (Å²) in [6, 6.07) is 0. The van der Waals surface area contributed by atoms with Crippen LogP contribution in [-0.4, -0.2) is 12.4 Å². The number of hydrogen-bond donors (Lipinski definition) is 0. The number of rotatable bonds is 8. The Labute approximate surface area is 80.3 Å². The first-order valence-corrected chi connectivity index (χ1v) is 4.60. The van der Waals surface area contributed by atoms with E-state index >= 15 is 0 Å². The van der Waals surface area contributed by atoms with Crippen LogP contribution in [0, 0.1) is 0 Å². The van der Waals surface area contributed by atoms with Crippen LogP contribution in [-0.2, 0) is 9.53 Å². The van der Waals surface area contributed by atoms with E-state index in [1.165, 1.54) is 0 Å². The fraction of sp³-hybridized carbons (Fsp3) is 0.545. The average molecular weight is 182 g/mol. The van der Waals surface area contributed by atoms with E-state index in [-0.39, 0.29) is 5.78 Å². The zero-order chi connectivity index (χ0) is 10.1. The van der Waals surface area contributed by atoms with E-state index in [4.69, 9.17) is 4.74 Å². The summed E-state index contributed by atoms with van der Waals surface area (Å²) in [5, 5.41) is 0. The standard InChI is InChI=1S/C11H18O2/c1-4-11(3)13-9-7-5-6-8-10(2)12/h4H,1,3,5-9H2,2H3. The van der Waals surface area contributed by atoms with Crippen LogP contribution in [0.3, 0.4) is 0 Å². The molecule has 0 spiro atoms. The third-order valence-corrected chi connectivity index (χ3v) is 1.69. The summed E-state index contributed by atoms with van der Waals surface area (Å²) >= 11 is 0. The molecule has 0 aliphatic carbocycles. The highest BCUT2D eigenvalue weighted by Crippen LogP contribution is 2.02. The number of carbonyl (C=O) groups is 1. The molecule has 0 rings (SSSR count). The second-order valence-electron chi connectivity index (χ2n) is 3.03. The van der Waals surface area contributed by atoms with Gasteiger partial charge in [-0.25, -0.2) is 0 Å². The van der Waals surface area contributed by atoms with Crippen LogP contribution >= 0.6 is 0 Å². The lowest BCUT2D eigenvalue weighted by Gasteiger charge is -2.04. The van der Waals surface area contributed by atoms with Gasteiger partial charge in [-0.05, 0) is 32.3 Å². The maximum Gasteiger partial charge on any atom is 0.129 e. The molecule has 0 unspecified atom stereocenters. The third kappa shape index (κ3) is 8.86. The Hall–Kier alpha value is -1.05. The fourth-order valence-electron chi connectivity index (χ4n) is 0.915. The minimum absolute atomic E-state index is 0.261. The second kappa shape index (κ2) is 7.59. The van der Waals surface area contributed by atoms with Gasteiger partial charge in [0, 0.05) is 6.42 Å². The topological polar surface area (TPSA) is 26.3 Å². The maximum absolute atomic E-state index is 10.6. The van der Waals surface area contributed by atoms with Crippen molar-refractivity contribution in [3.8, 4) is 0 Å². The third-order valence-electron chi connectivity index (χ3n) is 1.69. The van der Waals surface area contributed by atoms with Gasteiger partial charge in [0.15, 0.2) is 0 Å². The van der Waals surface area contributed by atoms with E-state index < -0.39 is 0 Å². The summed E-state index contributed by atoms with van der Waals surface area (Å²) in [5.74, 6) is 0.878. The van der Waals surface area contributed by atoms with Gasteiger partial charge in [-0.1, -0.05) is 13.2 Å². The first-order valence-electron chi connectivity index (χ1n) is 4.60. The molecule has 2 heteroatoms. The van der Waals surface area contributed by atoms with E-state index in [2.05, 4.69) is 13.2 Å². The molecule has 0 saturated heterocycles. The van der Waals surface area contributed by atoms with E-state index in [9.17, 15) is 4.79 Å². The van der Waals surface area contributed by atoms with Gasteiger partial charge in [-0.15, -0.1) is 0 Å². The molecule has 0 fully saturated rings. The van der Waals surface area contributed by atoms with Gasteiger partial charge in [0.1, 0.15) is 11.5 Å². The molecule has 0 aromatic rings. The van der Waals surface area contributed by atoms with Gasteiger partial charge in [0.2, 0.25) is 0 Å². The van der Waals surface area contributed by atoms with E-state index in [0.717, 1.165) is 19.3 Å². The zero-order valence-corrected chi connectivity index (χ0v) is 8.34. The lowest BCUT2D eigenvalue weighted by Crippen LogP contribution is -1.94. The lowest BCUT2D eigenvalue weighted by atomic mass is 10.1. The fourth-order valence-corrected chi connectivity index (χ4v) is 0.915. The van der Waals surface area contributed by atoms with Crippen molar-refractivity contribution >= 4 is 5.78 Å². The number of ether oxygens (including phenoxy) is 1. The van der Waals surface area contributed by atoms with Gasteiger partial charge in [0.05, 0.1) is 6.61 Å². The van der Waals surface area contributed by atoms with Crippen LogP contribution in [0.2, 0.25) is 0 Å². The Morgan fingerprint density at radius 2 is 2.08 bits per heavy atom. The van der Waals surface area contributed by atoms with Gasteiger partial charge in [-0.3, -0.25) is 0 Å². The van der Waals surface area contributed by atoms with Crippen LogP contribution in [0.5, 0.6) is 0 Å². The summed E-state index contributed by atoms with van der Waals surface area (Å²) in [6.45, 7) is 9.44. The largest absolute Gasteiger partial charge is 0.494 e. The Morgan fingerprint density at radius 1 is 1.38 bits per heavy atom. The number of allylic oxidation sites excluding steroid dienone is 1. The average Bonchev–Trinajstić information content (AvgIpc) is 2.10. The number of carbonyl (C=O) groups excluding carboxylic acids is 1. The van der Waals surface area contributed by atoms with E-state index in [0.29, 0.717) is 18.8 Å². The Balaban J connectivity index is 3.12. The van der Waals surface area contributed by atoms with E-state index in [1.807, 2.05) is 0 Å². The smallest absolute Gasteiger partial charge is 0.129 e. The molecule has 0 atom stereocenters. The van der Waals surface area contributed by atoms with Gasteiger partial charge < -0.3 is 9.53 Å². The molecule has 13 heavy (non-hydrogen) atoms. The molecular formula is C11H18O2. The Kier molecular flexibility index (Phi) is 6.98. The Bertz CT molecular complexity index is 183. The SMILES string of the molecule is C=CC(=C)OCCCCCC(C)=O. The first-order chi connectivity index (χ1) is 6.16. The summed E-state index contributed by atoms with van der Waals surface area (Å²) in [5.41, 5.74) is 0. The highest BCUT2D eigenvalue weighted by atomic mass is 16.5. The van der Waals surface area contributed by atoms with Crippen LogP contribution in [0.25, 0.3) is 0 Å². The molecule has 0 N–H and O–H groups in total. The first kappa shape index (κ1) is 11.9. The molecule has 0 aromatic heterocycles. The van der Waals surface area contributed by atoms with Crippen molar-refractivity contribution < 1.29 is 9.53 Å². The molecule has 74 valence electrons. The molecule has 0 amide bonds. The highest BCUT2D eigenvalue weighted by Gasteiger charge is 1.94. The van der Waals surface area contributed by atoms with Crippen molar-refractivity contribution in [2.24, 2.45) is 0 Å². The minimum Gasteiger partial charge on any atom is -0.494 e. The molecule has 0 aliphatic rings. The van der Waals surface area contributed by atoms with E-state index in [1.54, 1.807) is 13.0 Å². The maximum atomic E-state index is 10.6. The van der Waals surface area contributed by atoms with Gasteiger partial charge >= 0.3 is 0 Å². The number of ketones is 1. The molecule has 0 saturated carbocycles. The quantitative estimate of drug-likeness (QED) is 0.328. The van der Waals surface area contributed by atoms with Crippen molar-refractivity contribution in [2.75, 3.05) is 6.61 Å². The number of Topliss-reactive ketones (excluding diaryl/α,β-unsaturated/α-hetero) is 1. The van der Waals surface area contributed by atoms with Crippen molar-refractivity contribution in [3.05, 3.63) is 25.0 Å². The van der Waals surface area contributed by atoms with Crippen LogP contribution < -0.4 is 0 Å². The van der Waals surface area contributed by atoms with Crippen molar-refractivity contribution in [1.29, 1.82) is 0 Å². The number of hydrogen-bond acceptors (Lipinski definition) is 2. The van der Waals surface area contributed by atoms with Crippen molar-refractivity contribution in [2.45, 2.75) is 32.6 Å². The molecule has 0 heterocycles. The molecular weight excluding hydrogens is 164 g/mol. The predicted molar refractivity (Wildman–Crippen MR) is 54.4 cm³/mol. The summed E-state index contributed by atoms with van der Waals surface area (Å²) in [4.78, 5) is 10.6. The summed E-state index contributed by atoms with van der Waals surface area (Å²) < 4.78 is 5.20. The molecule has 0 radical (unpaired) electrons. The predicted octanol–water partition coefficient (Wildman–Crippen LogP) is 2.85. The molecule has 0 aromatic carbocycles. The van der Waals surface area contributed by atoms with Gasteiger partial charge in [0.25, 0.3) is 0 Å². The minimum atomic E-state index is 0.261. The summed E-state index contributed by atoms with van der Waals surface area (Å²) in [7, 11) is 0. The summed E-state index contributed by atoms with van der Waals surface area (Å²) in [6.07, 6.45) is 5.24. The molecule has 2 nitrogen and oxygen atoms in total. The monoisotopic (exact) mass is 182 g/mol. The van der Waals surface area contributed by atoms with Gasteiger partial charge in [-0.2, -0.15) is 0 Å². The molecule has 0 bridgehead atoms. The van der Waals surface area contributed by atoms with Crippen LogP contribution in [0.15, 0.2) is 25.0 Å². The Morgan fingerprint density at radius 3 is 2.62 bits per heavy atom. The highest BCUT2D eigenvalue weighted by molar-refractivity contribution is 5.75. The zero-order valence-electron chi connectivity index (χ0n) is 8.34. The second-order valence-corrected chi connectivity index (χ2v) is 3.03. The van der Waals surface area contributed by atoms with Crippen LogP contribution in [0.4, 0.5) is 0 Å². The molecule has 0 aliphatic heterocycles.